The van der Waals surface area contributed by atoms with E-state index in [2.05, 4.69) is 4.74 Å². The molecule has 3 nitrogen and oxygen atoms in total. The molecule has 0 aliphatic carbocycles. The van der Waals surface area contributed by atoms with Gasteiger partial charge in [-0.25, -0.2) is 4.79 Å². The molecule has 0 aromatic carbocycles. The molecule has 0 spiro atoms. The third kappa shape index (κ3) is 2.51. The van der Waals surface area contributed by atoms with Crippen LogP contribution in [-0.4, -0.2) is 29.1 Å². The molecule has 0 aliphatic heterocycles. The zero-order valence-electron chi connectivity index (χ0n) is 5.57. The Morgan fingerprint density at radius 3 is 2.18 bits per heavy atom. The van der Waals surface area contributed by atoms with E-state index < -0.39 is 22.0 Å². The average Bonchev–Trinajstić information content (AvgIpc) is 2.01. The number of Topliss-reactive ketones (excluding diaryl/α,β-unsaturated/α-hetero) is 1. The third-order valence-electron chi connectivity index (χ3n) is 0.913. The van der Waals surface area contributed by atoms with Crippen molar-refractivity contribution in [3.05, 3.63) is 0 Å². The van der Waals surface area contributed by atoms with Crippen molar-refractivity contribution in [1.82, 2.24) is 0 Å². The topological polar surface area (TPSA) is 43.4 Å². The lowest BCUT2D eigenvalue weighted by atomic mass is 10.3. The third-order valence-corrected chi connectivity index (χ3v) is 1.89. The van der Waals surface area contributed by atoms with Gasteiger partial charge in [0, 0.05) is 0 Å². The van der Waals surface area contributed by atoms with Crippen molar-refractivity contribution < 1.29 is 14.3 Å². The molecule has 0 rings (SSSR count). The molecule has 6 heteroatoms. The largest absolute Gasteiger partial charge is 0.466 e. The van der Waals surface area contributed by atoms with Crippen LogP contribution in [0.25, 0.3) is 0 Å². The molecule has 0 saturated heterocycles. The van der Waals surface area contributed by atoms with Crippen molar-refractivity contribution >= 4 is 46.6 Å². The van der Waals surface area contributed by atoms with Crippen LogP contribution in [0.5, 0.6) is 0 Å². The maximum atomic E-state index is 10.7. The summed E-state index contributed by atoms with van der Waals surface area (Å²) in [5.74, 6) is -2.25. The molecule has 0 aliphatic rings. The fraction of sp³-hybridized carbons (Fsp3) is 0.600. The second kappa shape index (κ2) is 4.14. The van der Waals surface area contributed by atoms with Crippen molar-refractivity contribution in [2.45, 2.75) is 4.33 Å². The molecule has 0 unspecified atom stereocenters. The van der Waals surface area contributed by atoms with Gasteiger partial charge in [0.25, 0.3) is 4.33 Å². The highest BCUT2D eigenvalue weighted by Gasteiger charge is 2.42. The summed E-state index contributed by atoms with van der Waals surface area (Å²) in [5.41, 5.74) is 0. The quantitative estimate of drug-likeness (QED) is 0.406. The van der Waals surface area contributed by atoms with Crippen LogP contribution in [0.3, 0.4) is 0 Å². The Morgan fingerprint density at radius 2 is 1.91 bits per heavy atom. The minimum Gasteiger partial charge on any atom is -0.466 e. The second-order valence-electron chi connectivity index (χ2n) is 1.62. The molecule has 0 aromatic rings. The normalized spacial score (nSPS) is 10.9. The molecular weight excluding hydrogens is 214 g/mol. The van der Waals surface area contributed by atoms with E-state index in [1.807, 2.05) is 0 Å². The van der Waals surface area contributed by atoms with Gasteiger partial charge in [-0.3, -0.25) is 4.79 Å². The highest BCUT2D eigenvalue weighted by molar-refractivity contribution is 6.68. The van der Waals surface area contributed by atoms with Gasteiger partial charge in [-0.15, -0.1) is 11.6 Å². The predicted octanol–water partition coefficient (Wildman–Crippen LogP) is 1.14. The minimum absolute atomic E-state index is 0.428. The lowest BCUT2D eigenvalue weighted by Crippen LogP contribution is -2.37. The number of ketones is 1. The molecule has 11 heavy (non-hydrogen) atoms. The Labute approximate surface area is 78.5 Å². The number of hydrogen-bond acceptors (Lipinski definition) is 3. The molecule has 0 N–H and O–H groups in total. The minimum atomic E-state index is -2.17. The fourth-order valence-corrected chi connectivity index (χ4v) is 0.951. The Kier molecular flexibility index (Phi) is 4.14. The van der Waals surface area contributed by atoms with Crippen molar-refractivity contribution in [3.63, 3.8) is 0 Å². The highest BCUT2D eigenvalue weighted by atomic mass is 35.5. The van der Waals surface area contributed by atoms with Gasteiger partial charge in [0.15, 0.2) is 5.78 Å². The van der Waals surface area contributed by atoms with E-state index in [4.69, 9.17) is 34.8 Å². The van der Waals surface area contributed by atoms with Gasteiger partial charge >= 0.3 is 5.97 Å². The first kappa shape index (κ1) is 11.0. The second-order valence-corrected chi connectivity index (χ2v) is 3.22. The Hall–Kier alpha value is 0.01000. The molecule has 0 atom stereocenters. The molecule has 0 amide bonds. The number of methoxy groups -OCH3 is 1. The predicted molar refractivity (Wildman–Crippen MR) is 42.2 cm³/mol. The lowest BCUT2D eigenvalue weighted by molar-refractivity contribution is -0.143. The molecule has 0 saturated carbocycles. The van der Waals surface area contributed by atoms with E-state index in [-0.39, 0.29) is 0 Å². The molecule has 0 heterocycles. The highest BCUT2D eigenvalue weighted by Crippen LogP contribution is 2.24. The summed E-state index contributed by atoms with van der Waals surface area (Å²) in [5, 5.41) is 0. The standard InChI is InChI=1S/C5H5Cl3O3/c1-11-4(10)5(7,8)3(9)2-6/h2H2,1H3. The van der Waals surface area contributed by atoms with Gasteiger partial charge in [0.05, 0.1) is 13.0 Å². The van der Waals surface area contributed by atoms with Crippen molar-refractivity contribution in [2.75, 3.05) is 13.0 Å². The first-order valence-corrected chi connectivity index (χ1v) is 3.81. The first-order chi connectivity index (χ1) is 4.96. The summed E-state index contributed by atoms with van der Waals surface area (Å²) < 4.78 is 1.99. The summed E-state index contributed by atoms with van der Waals surface area (Å²) in [7, 11) is 1.07. The van der Waals surface area contributed by atoms with Gasteiger partial charge in [-0.05, 0) is 0 Å². The molecule has 0 fully saturated rings. The van der Waals surface area contributed by atoms with Crippen LogP contribution in [-0.2, 0) is 14.3 Å². The van der Waals surface area contributed by atoms with Gasteiger partial charge in [-0.1, -0.05) is 23.2 Å². The van der Waals surface area contributed by atoms with Gasteiger partial charge < -0.3 is 4.74 Å². The molecule has 64 valence electrons. The molecule has 0 radical (unpaired) electrons. The number of ether oxygens (including phenoxy) is 1. The van der Waals surface area contributed by atoms with E-state index in [9.17, 15) is 9.59 Å². The summed E-state index contributed by atoms with van der Waals surface area (Å²) in [6.07, 6.45) is 0. The van der Waals surface area contributed by atoms with Crippen LogP contribution in [0.2, 0.25) is 0 Å². The van der Waals surface area contributed by atoms with Gasteiger partial charge in [-0.2, -0.15) is 0 Å². The first-order valence-electron chi connectivity index (χ1n) is 2.52. The number of carbonyl (C=O) groups is 2. The summed E-state index contributed by atoms with van der Waals surface area (Å²) in [4.78, 5) is 21.4. The SMILES string of the molecule is COC(=O)C(Cl)(Cl)C(=O)CCl. The number of esters is 1. The van der Waals surface area contributed by atoms with Crippen molar-refractivity contribution in [3.8, 4) is 0 Å². The zero-order chi connectivity index (χ0) is 9.07. The number of hydrogen-bond donors (Lipinski definition) is 0. The lowest BCUT2D eigenvalue weighted by Gasteiger charge is -2.12. The van der Waals surface area contributed by atoms with E-state index in [1.54, 1.807) is 0 Å². The van der Waals surface area contributed by atoms with Gasteiger partial charge in [0.2, 0.25) is 0 Å². The maximum absolute atomic E-state index is 10.7. The van der Waals surface area contributed by atoms with E-state index in [0.717, 1.165) is 7.11 Å². The Balaban J connectivity index is 4.44. The van der Waals surface area contributed by atoms with E-state index >= 15 is 0 Å². The Morgan fingerprint density at radius 1 is 1.45 bits per heavy atom. The van der Waals surface area contributed by atoms with Crippen LogP contribution in [0.15, 0.2) is 0 Å². The molecule has 0 aromatic heterocycles. The van der Waals surface area contributed by atoms with E-state index in [1.165, 1.54) is 0 Å². The molecule has 0 bridgehead atoms. The van der Waals surface area contributed by atoms with Gasteiger partial charge in [0.1, 0.15) is 0 Å². The van der Waals surface area contributed by atoms with Crippen molar-refractivity contribution in [1.29, 1.82) is 0 Å². The van der Waals surface area contributed by atoms with Crippen LogP contribution in [0, 0.1) is 0 Å². The summed E-state index contributed by atoms with van der Waals surface area (Å²) >= 11 is 15.7. The summed E-state index contributed by atoms with van der Waals surface area (Å²) in [6, 6.07) is 0. The van der Waals surface area contributed by atoms with Crippen LogP contribution < -0.4 is 0 Å². The van der Waals surface area contributed by atoms with Crippen LogP contribution in [0.1, 0.15) is 0 Å². The maximum Gasteiger partial charge on any atom is 0.350 e. The monoisotopic (exact) mass is 218 g/mol. The van der Waals surface area contributed by atoms with E-state index in [0.29, 0.717) is 0 Å². The number of halogens is 3. The average molecular weight is 219 g/mol. The number of carbonyl (C=O) groups excluding carboxylic acids is 2. The van der Waals surface area contributed by atoms with Crippen molar-refractivity contribution in [2.24, 2.45) is 0 Å². The number of rotatable bonds is 3. The fourth-order valence-electron chi connectivity index (χ4n) is 0.326. The smallest absolute Gasteiger partial charge is 0.350 e. The molecular formula is C5H5Cl3O3. The number of alkyl halides is 3. The van der Waals surface area contributed by atoms with Crippen LogP contribution in [0.4, 0.5) is 0 Å². The summed E-state index contributed by atoms with van der Waals surface area (Å²) in [6.45, 7) is 0. The zero-order valence-corrected chi connectivity index (χ0v) is 7.83. The van der Waals surface area contributed by atoms with Crippen LogP contribution >= 0.6 is 34.8 Å². The Bertz CT molecular complexity index is 160.